The maximum atomic E-state index is 12.5. The molecule has 7 heteroatoms. The summed E-state index contributed by atoms with van der Waals surface area (Å²) in [6, 6.07) is 13.5. The number of nitrogens with one attached hydrogen (secondary N) is 3. The van der Waals surface area contributed by atoms with Gasteiger partial charge in [-0.15, -0.1) is 0 Å². The lowest BCUT2D eigenvalue weighted by atomic mass is 10.0. The molecule has 2 aromatic carbocycles. The highest BCUT2D eigenvalue weighted by atomic mass is 16.5. The smallest absolute Gasteiger partial charge is 0.319 e. The van der Waals surface area contributed by atoms with Crippen molar-refractivity contribution in [2.45, 2.75) is 19.4 Å². The molecule has 0 aliphatic heterocycles. The molecule has 0 fully saturated rings. The van der Waals surface area contributed by atoms with Gasteiger partial charge in [0.1, 0.15) is 5.75 Å². The van der Waals surface area contributed by atoms with Gasteiger partial charge in [0.2, 0.25) is 0 Å². The molecule has 0 aliphatic carbocycles. The van der Waals surface area contributed by atoms with Gasteiger partial charge >= 0.3 is 6.03 Å². The van der Waals surface area contributed by atoms with Gasteiger partial charge in [0.05, 0.1) is 13.3 Å². The zero-order valence-corrected chi connectivity index (χ0v) is 17.7. The Labute approximate surface area is 177 Å². The van der Waals surface area contributed by atoms with Crippen LogP contribution >= 0.6 is 0 Å². The number of nitrogens with zero attached hydrogens (tertiary/aromatic N) is 2. The SMILES string of the molecule is COc1cccc(CNC(=O)Nc2ccc(-c3cn[nH]c3)cc2CCCN(C)C)c1. The van der Waals surface area contributed by atoms with Crippen LogP contribution in [0, 0.1) is 0 Å². The lowest BCUT2D eigenvalue weighted by molar-refractivity contribution is 0.251. The van der Waals surface area contributed by atoms with E-state index in [4.69, 9.17) is 4.74 Å². The number of H-pyrrole nitrogens is 1. The Hall–Kier alpha value is -3.32. The summed E-state index contributed by atoms with van der Waals surface area (Å²) in [6.07, 6.45) is 5.54. The summed E-state index contributed by atoms with van der Waals surface area (Å²) in [5, 5.41) is 12.8. The summed E-state index contributed by atoms with van der Waals surface area (Å²) >= 11 is 0. The number of hydrogen-bond donors (Lipinski definition) is 3. The molecule has 30 heavy (non-hydrogen) atoms. The van der Waals surface area contributed by atoms with Crippen molar-refractivity contribution < 1.29 is 9.53 Å². The summed E-state index contributed by atoms with van der Waals surface area (Å²) in [4.78, 5) is 14.7. The molecule has 0 spiro atoms. The molecule has 0 unspecified atom stereocenters. The predicted octanol–water partition coefficient (Wildman–Crippen LogP) is 3.90. The monoisotopic (exact) mass is 407 g/mol. The van der Waals surface area contributed by atoms with Gasteiger partial charge in [-0.2, -0.15) is 5.10 Å². The number of ether oxygens (including phenoxy) is 1. The highest BCUT2D eigenvalue weighted by molar-refractivity contribution is 5.90. The molecule has 158 valence electrons. The number of benzene rings is 2. The van der Waals surface area contributed by atoms with Crippen LogP contribution in [-0.4, -0.2) is 48.9 Å². The molecule has 1 heterocycles. The van der Waals surface area contributed by atoms with Gasteiger partial charge < -0.3 is 20.3 Å². The minimum atomic E-state index is -0.234. The fraction of sp³-hybridized carbons (Fsp3) is 0.304. The van der Waals surface area contributed by atoms with E-state index in [0.717, 1.165) is 53.1 Å². The molecule has 0 radical (unpaired) electrons. The minimum Gasteiger partial charge on any atom is -0.497 e. The van der Waals surface area contributed by atoms with Crippen molar-refractivity contribution in [2.75, 3.05) is 33.1 Å². The van der Waals surface area contributed by atoms with E-state index < -0.39 is 0 Å². The molecule has 0 aliphatic rings. The van der Waals surface area contributed by atoms with Crippen LogP contribution in [0.3, 0.4) is 0 Å². The first-order valence-corrected chi connectivity index (χ1v) is 10.00. The van der Waals surface area contributed by atoms with E-state index in [1.807, 2.05) is 42.6 Å². The van der Waals surface area contributed by atoms with Crippen LogP contribution in [-0.2, 0) is 13.0 Å². The van der Waals surface area contributed by atoms with E-state index in [2.05, 4.69) is 45.9 Å². The van der Waals surface area contributed by atoms with Crippen LogP contribution in [0.2, 0.25) is 0 Å². The standard InChI is InChI=1S/C23H29N5O2/c1-28(2)11-5-7-19-13-18(20-15-25-26-16-20)9-10-22(19)27-23(29)24-14-17-6-4-8-21(12-17)30-3/h4,6,8-10,12-13,15-16H,5,7,11,14H2,1-3H3,(H,25,26)(H2,24,27,29). The second kappa shape index (κ2) is 10.5. The number of anilines is 1. The largest absolute Gasteiger partial charge is 0.497 e. The Bertz CT molecular complexity index is 954. The summed E-state index contributed by atoms with van der Waals surface area (Å²) in [6.45, 7) is 1.41. The zero-order chi connectivity index (χ0) is 21.3. The third kappa shape index (κ3) is 6.09. The number of hydrogen-bond acceptors (Lipinski definition) is 4. The number of aromatic nitrogens is 2. The maximum absolute atomic E-state index is 12.5. The van der Waals surface area contributed by atoms with Gasteiger partial charge in [0, 0.05) is 24.0 Å². The van der Waals surface area contributed by atoms with E-state index in [-0.39, 0.29) is 6.03 Å². The summed E-state index contributed by atoms with van der Waals surface area (Å²) < 4.78 is 5.23. The Morgan fingerprint density at radius 1 is 1.17 bits per heavy atom. The quantitative estimate of drug-likeness (QED) is 0.502. The number of carbonyl (C=O) groups is 1. The molecular formula is C23H29N5O2. The average Bonchev–Trinajstić information content (AvgIpc) is 3.28. The van der Waals surface area contributed by atoms with Crippen LogP contribution in [0.25, 0.3) is 11.1 Å². The molecule has 7 nitrogen and oxygen atoms in total. The molecule has 0 bridgehead atoms. The fourth-order valence-corrected chi connectivity index (χ4v) is 3.23. The van der Waals surface area contributed by atoms with Crippen molar-refractivity contribution >= 4 is 11.7 Å². The Kier molecular flexibility index (Phi) is 7.45. The van der Waals surface area contributed by atoms with E-state index in [1.54, 1.807) is 13.3 Å². The number of aryl methyl sites for hydroxylation is 1. The van der Waals surface area contributed by atoms with Crippen LogP contribution in [0.4, 0.5) is 10.5 Å². The molecule has 0 saturated heterocycles. The fourth-order valence-electron chi connectivity index (χ4n) is 3.23. The first-order valence-electron chi connectivity index (χ1n) is 10.00. The molecule has 3 N–H and O–H groups in total. The van der Waals surface area contributed by atoms with Crippen molar-refractivity contribution in [3.8, 4) is 16.9 Å². The van der Waals surface area contributed by atoms with Gasteiger partial charge in [0.15, 0.2) is 0 Å². The lowest BCUT2D eigenvalue weighted by Gasteiger charge is -2.15. The van der Waals surface area contributed by atoms with Gasteiger partial charge in [-0.1, -0.05) is 18.2 Å². The summed E-state index contributed by atoms with van der Waals surface area (Å²) in [5.41, 5.74) is 5.01. The first-order chi connectivity index (χ1) is 14.5. The Balaban J connectivity index is 1.68. The Morgan fingerprint density at radius 3 is 2.77 bits per heavy atom. The zero-order valence-electron chi connectivity index (χ0n) is 17.7. The lowest BCUT2D eigenvalue weighted by Crippen LogP contribution is -2.28. The van der Waals surface area contributed by atoms with Crippen LogP contribution < -0.4 is 15.4 Å². The second-order valence-corrected chi connectivity index (χ2v) is 7.42. The third-order valence-corrected chi connectivity index (χ3v) is 4.82. The molecule has 0 atom stereocenters. The highest BCUT2D eigenvalue weighted by Gasteiger charge is 2.10. The highest BCUT2D eigenvalue weighted by Crippen LogP contribution is 2.26. The molecule has 3 rings (SSSR count). The average molecular weight is 408 g/mol. The Morgan fingerprint density at radius 2 is 2.03 bits per heavy atom. The van der Waals surface area contributed by atoms with Gasteiger partial charge in [-0.05, 0) is 74.4 Å². The normalized spacial score (nSPS) is 10.8. The van der Waals surface area contributed by atoms with Gasteiger partial charge in [-0.3, -0.25) is 5.10 Å². The topological polar surface area (TPSA) is 82.3 Å². The molecule has 0 saturated carbocycles. The second-order valence-electron chi connectivity index (χ2n) is 7.42. The third-order valence-electron chi connectivity index (χ3n) is 4.82. The first kappa shape index (κ1) is 21.4. The number of amides is 2. The van der Waals surface area contributed by atoms with E-state index >= 15 is 0 Å². The van der Waals surface area contributed by atoms with Crippen LogP contribution in [0.15, 0.2) is 54.9 Å². The van der Waals surface area contributed by atoms with Crippen molar-refractivity contribution in [1.82, 2.24) is 20.4 Å². The number of carbonyl (C=O) groups excluding carboxylic acids is 1. The summed E-state index contributed by atoms with van der Waals surface area (Å²) in [7, 11) is 5.75. The van der Waals surface area contributed by atoms with Crippen molar-refractivity contribution in [2.24, 2.45) is 0 Å². The van der Waals surface area contributed by atoms with Crippen LogP contribution in [0.1, 0.15) is 17.5 Å². The van der Waals surface area contributed by atoms with E-state index in [1.165, 1.54) is 0 Å². The molecule has 3 aromatic rings. The maximum Gasteiger partial charge on any atom is 0.319 e. The summed E-state index contributed by atoms with van der Waals surface area (Å²) in [5.74, 6) is 0.771. The number of rotatable bonds is 9. The van der Waals surface area contributed by atoms with E-state index in [0.29, 0.717) is 6.54 Å². The number of urea groups is 1. The molecule has 1 aromatic heterocycles. The minimum absolute atomic E-state index is 0.234. The molecule has 2 amide bonds. The van der Waals surface area contributed by atoms with Gasteiger partial charge in [0.25, 0.3) is 0 Å². The number of aromatic amines is 1. The van der Waals surface area contributed by atoms with Crippen molar-refractivity contribution in [1.29, 1.82) is 0 Å². The van der Waals surface area contributed by atoms with Crippen molar-refractivity contribution in [3.63, 3.8) is 0 Å². The number of methoxy groups -OCH3 is 1. The molecular weight excluding hydrogens is 378 g/mol. The van der Waals surface area contributed by atoms with Gasteiger partial charge in [-0.25, -0.2) is 4.79 Å². The van der Waals surface area contributed by atoms with Crippen LogP contribution in [0.5, 0.6) is 5.75 Å². The predicted molar refractivity (Wildman–Crippen MR) is 120 cm³/mol. The van der Waals surface area contributed by atoms with E-state index in [9.17, 15) is 4.79 Å². The van der Waals surface area contributed by atoms with Crippen molar-refractivity contribution in [3.05, 3.63) is 66.0 Å².